The number of carbonyl (C=O) groups is 3. The number of benzene rings is 4. The van der Waals surface area contributed by atoms with E-state index in [9.17, 15) is 14.4 Å². The van der Waals surface area contributed by atoms with Gasteiger partial charge in [0.2, 0.25) is 5.91 Å². The molecule has 0 spiro atoms. The monoisotopic (exact) mass is 672 g/mol. The van der Waals surface area contributed by atoms with Crippen molar-refractivity contribution >= 4 is 80.9 Å². The number of halogens is 2. The molecule has 0 bridgehead atoms. The molecule has 7 nitrogen and oxygen atoms in total. The third-order valence-corrected chi connectivity index (χ3v) is 8.95. The van der Waals surface area contributed by atoms with Gasteiger partial charge in [0.05, 0.1) is 21.5 Å². The van der Waals surface area contributed by atoms with E-state index in [-0.39, 0.29) is 22.4 Å². The lowest BCUT2D eigenvalue weighted by Gasteiger charge is -2.13. The molecule has 0 aliphatic rings. The summed E-state index contributed by atoms with van der Waals surface area (Å²) < 4.78 is 0. The summed E-state index contributed by atoms with van der Waals surface area (Å²) in [4.78, 5) is 44.3. The molecule has 0 unspecified atom stereocenters. The fourth-order valence-corrected chi connectivity index (χ4v) is 5.94. The summed E-state index contributed by atoms with van der Waals surface area (Å²) >= 11 is 15.2. The lowest BCUT2D eigenvalue weighted by Crippen LogP contribution is -2.30. The van der Waals surface area contributed by atoms with Crippen molar-refractivity contribution in [2.45, 2.75) is 11.8 Å². The molecule has 0 fully saturated rings. The Kier molecular flexibility index (Phi) is 10.7. The normalized spacial score (nSPS) is 11.1. The number of anilines is 2. The molecule has 226 valence electrons. The molecule has 3 amide bonds. The first-order valence-corrected chi connectivity index (χ1v) is 16.3. The van der Waals surface area contributed by atoms with Crippen LogP contribution in [-0.4, -0.2) is 28.5 Å². The zero-order valence-corrected chi connectivity index (χ0v) is 27.0. The minimum absolute atomic E-state index is 0.0288. The van der Waals surface area contributed by atoms with E-state index in [1.165, 1.54) is 29.2 Å². The van der Waals surface area contributed by atoms with Gasteiger partial charge in [0, 0.05) is 27.1 Å². The predicted octanol–water partition coefficient (Wildman–Crippen LogP) is 8.57. The van der Waals surface area contributed by atoms with Gasteiger partial charge in [-0.05, 0) is 55.0 Å². The number of amides is 3. The molecule has 0 atom stereocenters. The molecular weight excluding hydrogens is 647 g/mol. The molecule has 1 heterocycles. The lowest BCUT2D eigenvalue weighted by molar-refractivity contribution is -0.114. The van der Waals surface area contributed by atoms with E-state index in [0.29, 0.717) is 27.0 Å². The van der Waals surface area contributed by atoms with E-state index in [0.717, 1.165) is 21.7 Å². The Labute approximate surface area is 278 Å². The lowest BCUT2D eigenvalue weighted by atomic mass is 10.1. The van der Waals surface area contributed by atoms with Gasteiger partial charge in [-0.15, -0.1) is 23.1 Å². The van der Waals surface area contributed by atoms with E-state index in [1.54, 1.807) is 66.7 Å². The molecule has 0 saturated carbocycles. The molecular formula is C34H26Cl2N4O3S2. The third-order valence-electron chi connectivity index (χ3n) is 6.37. The molecule has 0 aliphatic carbocycles. The van der Waals surface area contributed by atoms with Gasteiger partial charge in [-0.2, -0.15) is 0 Å². The molecule has 0 aliphatic heterocycles. The number of aromatic nitrogens is 1. The number of aryl methyl sites for hydroxylation is 1. The molecule has 0 radical (unpaired) electrons. The van der Waals surface area contributed by atoms with Crippen LogP contribution in [0.25, 0.3) is 17.3 Å². The molecule has 4 aromatic carbocycles. The second kappa shape index (κ2) is 15.0. The Morgan fingerprint density at radius 2 is 1.64 bits per heavy atom. The molecule has 45 heavy (non-hydrogen) atoms. The minimum Gasteiger partial charge on any atom is -0.321 e. The van der Waals surface area contributed by atoms with Crippen molar-refractivity contribution < 1.29 is 14.4 Å². The minimum atomic E-state index is -0.566. The van der Waals surface area contributed by atoms with E-state index in [1.807, 2.05) is 42.6 Å². The fraction of sp³-hybridized carbons (Fsp3) is 0.0588. The summed E-state index contributed by atoms with van der Waals surface area (Å²) in [5, 5.41) is 11.4. The third kappa shape index (κ3) is 8.83. The highest BCUT2D eigenvalue weighted by molar-refractivity contribution is 8.00. The summed E-state index contributed by atoms with van der Waals surface area (Å²) in [6.07, 6.45) is 1.47. The van der Waals surface area contributed by atoms with Crippen molar-refractivity contribution in [1.29, 1.82) is 0 Å². The highest BCUT2D eigenvalue weighted by Gasteiger charge is 2.17. The number of nitrogens with one attached hydrogen (secondary N) is 3. The molecule has 3 N–H and O–H groups in total. The summed E-state index contributed by atoms with van der Waals surface area (Å²) in [6, 6.07) is 28.7. The topological polar surface area (TPSA) is 100 Å². The van der Waals surface area contributed by atoms with E-state index in [4.69, 9.17) is 23.2 Å². The van der Waals surface area contributed by atoms with Crippen molar-refractivity contribution in [3.8, 4) is 11.3 Å². The average molecular weight is 674 g/mol. The Morgan fingerprint density at radius 1 is 0.889 bits per heavy atom. The fourth-order valence-electron chi connectivity index (χ4n) is 4.08. The van der Waals surface area contributed by atoms with Crippen LogP contribution >= 0.6 is 46.3 Å². The first kappa shape index (κ1) is 32.0. The van der Waals surface area contributed by atoms with Gasteiger partial charge >= 0.3 is 0 Å². The summed E-state index contributed by atoms with van der Waals surface area (Å²) in [5.41, 5.74) is 4.25. The van der Waals surface area contributed by atoms with Gasteiger partial charge in [-0.3, -0.25) is 14.4 Å². The Balaban J connectivity index is 1.24. The van der Waals surface area contributed by atoms with Crippen LogP contribution in [0.3, 0.4) is 0 Å². The Bertz CT molecular complexity index is 1880. The Morgan fingerprint density at radius 3 is 2.42 bits per heavy atom. The van der Waals surface area contributed by atoms with Crippen molar-refractivity contribution in [3.63, 3.8) is 0 Å². The van der Waals surface area contributed by atoms with Crippen molar-refractivity contribution in [2.24, 2.45) is 0 Å². The zero-order valence-electron chi connectivity index (χ0n) is 23.8. The number of rotatable bonds is 10. The van der Waals surface area contributed by atoms with Crippen LogP contribution in [0, 0.1) is 6.92 Å². The van der Waals surface area contributed by atoms with Gasteiger partial charge < -0.3 is 16.0 Å². The maximum absolute atomic E-state index is 13.4. The van der Waals surface area contributed by atoms with Gasteiger partial charge in [-0.1, -0.05) is 89.4 Å². The van der Waals surface area contributed by atoms with Gasteiger partial charge in [0.25, 0.3) is 11.8 Å². The highest BCUT2D eigenvalue weighted by Crippen LogP contribution is 2.28. The summed E-state index contributed by atoms with van der Waals surface area (Å²) in [7, 11) is 0. The SMILES string of the molecule is Cc1ccc(-c2csc(NC(=O)CSc3cccc(NC(=O)/C(=C\c4cccc(Cl)c4Cl)NC(=O)c4ccccc4)c3)n2)cc1. The van der Waals surface area contributed by atoms with E-state index in [2.05, 4.69) is 20.9 Å². The van der Waals surface area contributed by atoms with Crippen LogP contribution in [0.15, 0.2) is 113 Å². The first-order valence-electron chi connectivity index (χ1n) is 13.6. The van der Waals surface area contributed by atoms with Crippen molar-refractivity contribution in [3.05, 3.63) is 135 Å². The Hall–Kier alpha value is -4.41. The second-order valence-corrected chi connectivity index (χ2v) is 12.4. The van der Waals surface area contributed by atoms with Crippen molar-refractivity contribution in [1.82, 2.24) is 10.3 Å². The van der Waals surface area contributed by atoms with Gasteiger partial charge in [0.15, 0.2) is 5.13 Å². The largest absolute Gasteiger partial charge is 0.321 e. The number of thiazole rings is 1. The van der Waals surface area contributed by atoms with Crippen LogP contribution in [0.2, 0.25) is 10.0 Å². The molecule has 11 heteroatoms. The quantitative estimate of drug-likeness (QED) is 0.102. The van der Waals surface area contributed by atoms with Crippen LogP contribution in [0.4, 0.5) is 10.8 Å². The van der Waals surface area contributed by atoms with Crippen LogP contribution < -0.4 is 16.0 Å². The van der Waals surface area contributed by atoms with E-state index >= 15 is 0 Å². The summed E-state index contributed by atoms with van der Waals surface area (Å²) in [6.45, 7) is 2.03. The smallest absolute Gasteiger partial charge is 0.272 e. The predicted molar refractivity (Wildman–Crippen MR) is 185 cm³/mol. The number of carbonyl (C=O) groups excluding carboxylic acids is 3. The molecule has 5 aromatic rings. The highest BCUT2D eigenvalue weighted by atomic mass is 35.5. The number of hydrogen-bond donors (Lipinski definition) is 3. The number of nitrogens with zero attached hydrogens (tertiary/aromatic N) is 1. The van der Waals surface area contributed by atoms with Crippen LogP contribution in [0.5, 0.6) is 0 Å². The molecule has 1 aromatic heterocycles. The standard InChI is InChI=1S/C34H26Cl2N4O3S2/c1-21-13-15-22(16-14-21)29-19-45-34(39-29)40-30(41)20-44-26-11-6-10-25(18-26)37-33(43)28(17-24-9-5-12-27(35)31(24)36)38-32(42)23-7-3-2-4-8-23/h2-19H,20H2,1H3,(H,37,43)(H,38,42)(H,39,40,41)/b28-17+. The maximum Gasteiger partial charge on any atom is 0.272 e. The first-order chi connectivity index (χ1) is 21.7. The molecule has 5 rings (SSSR count). The zero-order chi connectivity index (χ0) is 31.8. The van der Waals surface area contributed by atoms with Crippen molar-refractivity contribution in [2.75, 3.05) is 16.4 Å². The van der Waals surface area contributed by atoms with Crippen LogP contribution in [-0.2, 0) is 9.59 Å². The van der Waals surface area contributed by atoms with E-state index < -0.39 is 11.8 Å². The van der Waals surface area contributed by atoms with Gasteiger partial charge in [0.1, 0.15) is 5.70 Å². The molecule has 0 saturated heterocycles. The number of thioether (sulfide) groups is 1. The second-order valence-electron chi connectivity index (χ2n) is 9.74. The average Bonchev–Trinajstić information content (AvgIpc) is 3.51. The number of hydrogen-bond acceptors (Lipinski definition) is 6. The summed E-state index contributed by atoms with van der Waals surface area (Å²) in [5.74, 6) is -1.09. The van der Waals surface area contributed by atoms with Gasteiger partial charge in [-0.25, -0.2) is 4.98 Å². The van der Waals surface area contributed by atoms with Crippen LogP contribution in [0.1, 0.15) is 21.5 Å². The maximum atomic E-state index is 13.4.